The summed E-state index contributed by atoms with van der Waals surface area (Å²) in [6.45, 7) is 7.56. The second-order valence-corrected chi connectivity index (χ2v) is 6.42. The van der Waals surface area contributed by atoms with Crippen molar-refractivity contribution in [2.24, 2.45) is 0 Å². The monoisotopic (exact) mass is 272 g/mol. The van der Waals surface area contributed by atoms with Gasteiger partial charge in [0.1, 0.15) is 0 Å². The van der Waals surface area contributed by atoms with E-state index in [4.69, 9.17) is 0 Å². The van der Waals surface area contributed by atoms with Crippen LogP contribution in [0.1, 0.15) is 20.8 Å². The fourth-order valence-electron chi connectivity index (χ4n) is 2.26. The molecule has 102 valence electrons. The fraction of sp³-hybridized carbons (Fsp3) is 0.727. The third kappa shape index (κ3) is 2.17. The molecule has 1 saturated heterocycles. The third-order valence-corrected chi connectivity index (χ3v) is 5.53. The second-order valence-electron chi connectivity index (χ2n) is 4.58. The van der Waals surface area contributed by atoms with E-state index in [9.17, 15) is 8.42 Å². The maximum atomic E-state index is 12.6. The van der Waals surface area contributed by atoms with Crippen molar-refractivity contribution >= 4 is 10.0 Å². The van der Waals surface area contributed by atoms with Gasteiger partial charge < -0.3 is 5.32 Å². The van der Waals surface area contributed by atoms with Crippen molar-refractivity contribution in [2.75, 3.05) is 13.1 Å². The van der Waals surface area contributed by atoms with Crippen LogP contribution in [0.25, 0.3) is 0 Å². The largest absolute Gasteiger partial charge is 0.311 e. The molecule has 7 heteroatoms. The van der Waals surface area contributed by atoms with Crippen LogP contribution in [0.2, 0.25) is 0 Å². The van der Waals surface area contributed by atoms with Gasteiger partial charge in [-0.1, -0.05) is 0 Å². The van der Waals surface area contributed by atoms with E-state index >= 15 is 0 Å². The maximum absolute atomic E-state index is 12.6. The van der Waals surface area contributed by atoms with Gasteiger partial charge in [0.2, 0.25) is 0 Å². The minimum absolute atomic E-state index is 0.0519. The number of piperazine rings is 1. The van der Waals surface area contributed by atoms with Crippen LogP contribution in [0.4, 0.5) is 0 Å². The molecule has 18 heavy (non-hydrogen) atoms. The number of rotatable bonds is 3. The van der Waals surface area contributed by atoms with Gasteiger partial charge in [0.25, 0.3) is 10.0 Å². The van der Waals surface area contributed by atoms with Crippen molar-refractivity contribution in [1.82, 2.24) is 19.4 Å². The molecule has 0 saturated carbocycles. The summed E-state index contributed by atoms with van der Waals surface area (Å²) in [4.78, 5) is 0. The smallest absolute Gasteiger partial charge is 0.260 e. The molecule has 2 rings (SSSR count). The van der Waals surface area contributed by atoms with Crippen molar-refractivity contribution in [3.8, 4) is 0 Å². The first kappa shape index (κ1) is 13.5. The number of aromatic nitrogens is 2. The molecule has 0 spiro atoms. The van der Waals surface area contributed by atoms with Crippen molar-refractivity contribution in [1.29, 1.82) is 0 Å². The van der Waals surface area contributed by atoms with Crippen LogP contribution in [0, 0.1) is 0 Å². The first-order chi connectivity index (χ1) is 8.48. The van der Waals surface area contributed by atoms with Gasteiger partial charge in [-0.15, -0.1) is 0 Å². The zero-order valence-corrected chi connectivity index (χ0v) is 11.8. The summed E-state index contributed by atoms with van der Waals surface area (Å²) in [6.07, 6.45) is 1.53. The molecule has 2 atom stereocenters. The summed E-state index contributed by atoms with van der Waals surface area (Å²) in [5.74, 6) is 0. The summed E-state index contributed by atoms with van der Waals surface area (Å²) in [6, 6.07) is 1.67. The molecule has 0 bridgehead atoms. The van der Waals surface area contributed by atoms with Gasteiger partial charge in [0, 0.05) is 31.7 Å². The topological polar surface area (TPSA) is 67.2 Å². The number of nitrogens with one attached hydrogen (secondary N) is 1. The Labute approximate surface area is 108 Å². The van der Waals surface area contributed by atoms with Crippen LogP contribution >= 0.6 is 0 Å². The summed E-state index contributed by atoms with van der Waals surface area (Å²) < 4.78 is 28.3. The summed E-state index contributed by atoms with van der Waals surface area (Å²) in [5, 5.41) is 7.60. The molecule has 1 aromatic heterocycles. The van der Waals surface area contributed by atoms with Crippen molar-refractivity contribution in [2.45, 2.75) is 44.4 Å². The van der Waals surface area contributed by atoms with Crippen LogP contribution < -0.4 is 5.32 Å². The number of hydrogen-bond donors (Lipinski definition) is 1. The molecule has 2 unspecified atom stereocenters. The van der Waals surface area contributed by atoms with Gasteiger partial charge in [-0.2, -0.15) is 9.40 Å². The standard InChI is InChI=1S/C11H20N4O2S/c1-4-14-11(5-6-13-14)18(16,17)15-8-7-12-9(2)10(15)3/h5-6,9-10,12H,4,7-8H2,1-3H3. The van der Waals surface area contributed by atoms with Gasteiger partial charge >= 0.3 is 0 Å². The van der Waals surface area contributed by atoms with E-state index in [1.54, 1.807) is 10.4 Å². The quantitative estimate of drug-likeness (QED) is 0.858. The Bertz CT molecular complexity index is 511. The SMILES string of the molecule is CCn1nccc1S(=O)(=O)N1CCNC(C)C1C. The zero-order chi connectivity index (χ0) is 13.3. The Hall–Kier alpha value is -0.920. The van der Waals surface area contributed by atoms with Crippen molar-refractivity contribution in [3.05, 3.63) is 12.3 Å². The van der Waals surface area contributed by atoms with E-state index in [1.807, 2.05) is 20.8 Å². The predicted molar refractivity (Wildman–Crippen MR) is 68.7 cm³/mol. The summed E-state index contributed by atoms with van der Waals surface area (Å²) in [7, 11) is -3.45. The molecule has 1 aliphatic heterocycles. The Morgan fingerprint density at radius 2 is 2.22 bits per heavy atom. The van der Waals surface area contributed by atoms with E-state index in [0.717, 1.165) is 0 Å². The molecule has 1 N–H and O–H groups in total. The van der Waals surface area contributed by atoms with Crippen LogP contribution in [0.3, 0.4) is 0 Å². The first-order valence-electron chi connectivity index (χ1n) is 6.25. The van der Waals surface area contributed by atoms with Crippen molar-refractivity contribution in [3.63, 3.8) is 0 Å². The Balaban J connectivity index is 2.36. The molecule has 0 aliphatic carbocycles. The molecule has 2 heterocycles. The van der Waals surface area contributed by atoms with Gasteiger partial charge in [0.15, 0.2) is 5.03 Å². The normalized spacial score (nSPS) is 26.4. The lowest BCUT2D eigenvalue weighted by Gasteiger charge is -2.37. The number of aryl methyl sites for hydroxylation is 1. The van der Waals surface area contributed by atoms with E-state index in [0.29, 0.717) is 19.6 Å². The minimum Gasteiger partial charge on any atom is -0.311 e. The Morgan fingerprint density at radius 3 is 2.89 bits per heavy atom. The fourth-order valence-corrected chi connectivity index (χ4v) is 4.13. The predicted octanol–water partition coefficient (Wildman–Crippen LogP) is 0.274. The van der Waals surface area contributed by atoms with Gasteiger partial charge in [-0.3, -0.25) is 4.68 Å². The molecule has 0 amide bonds. The van der Waals surface area contributed by atoms with Crippen LogP contribution in [-0.2, 0) is 16.6 Å². The molecule has 0 radical (unpaired) electrons. The molecule has 1 aliphatic rings. The number of sulfonamides is 1. The van der Waals surface area contributed by atoms with Gasteiger partial charge in [0.05, 0.1) is 6.20 Å². The molecule has 0 aromatic carbocycles. The number of nitrogens with zero attached hydrogens (tertiary/aromatic N) is 3. The lowest BCUT2D eigenvalue weighted by Crippen LogP contribution is -2.57. The first-order valence-corrected chi connectivity index (χ1v) is 7.69. The van der Waals surface area contributed by atoms with Crippen LogP contribution in [0.5, 0.6) is 0 Å². The molecular formula is C11H20N4O2S. The Kier molecular flexibility index (Phi) is 3.74. The molecule has 6 nitrogen and oxygen atoms in total. The maximum Gasteiger partial charge on any atom is 0.260 e. The lowest BCUT2D eigenvalue weighted by atomic mass is 10.1. The van der Waals surface area contributed by atoms with E-state index in [-0.39, 0.29) is 17.1 Å². The van der Waals surface area contributed by atoms with E-state index in [2.05, 4.69) is 10.4 Å². The summed E-state index contributed by atoms with van der Waals surface area (Å²) in [5.41, 5.74) is 0. The highest BCUT2D eigenvalue weighted by atomic mass is 32.2. The molecule has 1 fully saturated rings. The van der Waals surface area contributed by atoms with Crippen LogP contribution in [0.15, 0.2) is 17.3 Å². The van der Waals surface area contributed by atoms with Gasteiger partial charge in [-0.05, 0) is 26.8 Å². The highest BCUT2D eigenvalue weighted by molar-refractivity contribution is 7.89. The average molecular weight is 272 g/mol. The number of hydrogen-bond acceptors (Lipinski definition) is 4. The summed E-state index contributed by atoms with van der Waals surface area (Å²) >= 11 is 0. The zero-order valence-electron chi connectivity index (χ0n) is 11.0. The average Bonchev–Trinajstić information content (AvgIpc) is 2.81. The van der Waals surface area contributed by atoms with Crippen molar-refractivity contribution < 1.29 is 8.42 Å². The van der Waals surface area contributed by atoms with E-state index < -0.39 is 10.0 Å². The van der Waals surface area contributed by atoms with Gasteiger partial charge in [-0.25, -0.2) is 8.42 Å². The highest BCUT2D eigenvalue weighted by Crippen LogP contribution is 2.21. The minimum atomic E-state index is -3.45. The Morgan fingerprint density at radius 1 is 1.50 bits per heavy atom. The molecular weight excluding hydrogens is 252 g/mol. The third-order valence-electron chi connectivity index (χ3n) is 3.53. The highest BCUT2D eigenvalue weighted by Gasteiger charge is 2.35. The molecule has 1 aromatic rings. The lowest BCUT2D eigenvalue weighted by molar-refractivity contribution is 0.231. The van der Waals surface area contributed by atoms with Crippen LogP contribution in [-0.4, -0.2) is 47.7 Å². The second kappa shape index (κ2) is 4.99. The van der Waals surface area contributed by atoms with E-state index in [1.165, 1.54) is 10.9 Å².